The van der Waals surface area contributed by atoms with E-state index in [1.807, 2.05) is 19.1 Å². The zero-order valence-electron chi connectivity index (χ0n) is 9.91. The Morgan fingerprint density at radius 3 is 2.75 bits per heavy atom. The number of hydrogen-bond donors (Lipinski definition) is 2. The maximum absolute atomic E-state index is 11.6. The van der Waals surface area contributed by atoms with Crippen molar-refractivity contribution in [1.29, 1.82) is 0 Å². The Bertz CT molecular complexity index is 377. The summed E-state index contributed by atoms with van der Waals surface area (Å²) in [4.78, 5) is 11.6. The quantitative estimate of drug-likeness (QED) is 0.793. The fraction of sp³-hybridized carbons (Fsp3) is 0.417. The maximum Gasteiger partial charge on any atom is 0.234 e. The lowest BCUT2D eigenvalue weighted by Gasteiger charge is -2.09. The Morgan fingerprint density at radius 2 is 2.19 bits per heavy atom. The number of hydrogen-bond acceptors (Lipinski definition) is 3. The van der Waals surface area contributed by atoms with Crippen LogP contribution in [-0.4, -0.2) is 16.9 Å². The van der Waals surface area contributed by atoms with Crippen molar-refractivity contribution in [3.63, 3.8) is 0 Å². The van der Waals surface area contributed by atoms with Crippen molar-refractivity contribution in [3.05, 3.63) is 23.8 Å². The Hall–Kier alpha value is -1.16. The number of aryl methyl sites for hydroxylation is 1. The van der Waals surface area contributed by atoms with Gasteiger partial charge in [0.25, 0.3) is 0 Å². The Labute approximate surface area is 101 Å². The van der Waals surface area contributed by atoms with Crippen LogP contribution in [0.3, 0.4) is 0 Å². The van der Waals surface area contributed by atoms with E-state index in [1.54, 1.807) is 17.8 Å². The van der Waals surface area contributed by atoms with Gasteiger partial charge in [0.05, 0.1) is 5.75 Å². The van der Waals surface area contributed by atoms with Crippen molar-refractivity contribution >= 4 is 29.0 Å². The van der Waals surface area contributed by atoms with Crippen LogP contribution in [0.15, 0.2) is 18.2 Å². The summed E-state index contributed by atoms with van der Waals surface area (Å²) in [6, 6.07) is 5.48. The molecule has 1 rings (SSSR count). The van der Waals surface area contributed by atoms with Gasteiger partial charge in [-0.25, -0.2) is 0 Å². The van der Waals surface area contributed by atoms with Crippen LogP contribution in [0.1, 0.15) is 19.4 Å². The summed E-state index contributed by atoms with van der Waals surface area (Å²) in [7, 11) is 0. The number of thioether (sulfide) groups is 1. The first-order valence-corrected chi connectivity index (χ1v) is 6.31. The molecule has 0 atom stereocenters. The standard InChI is InChI=1S/C12H18N2OS/c1-8(2)16-7-12(15)14-11-5-4-10(13)6-9(11)3/h4-6,8H,7,13H2,1-3H3,(H,14,15). The number of nitrogen functional groups attached to an aromatic ring is 1. The van der Waals surface area contributed by atoms with Gasteiger partial charge < -0.3 is 11.1 Å². The Kier molecular flexibility index (Phi) is 4.68. The van der Waals surface area contributed by atoms with E-state index in [0.29, 0.717) is 16.7 Å². The molecule has 0 aromatic heterocycles. The molecule has 88 valence electrons. The molecule has 3 N–H and O–H groups in total. The predicted molar refractivity (Wildman–Crippen MR) is 71.8 cm³/mol. The summed E-state index contributed by atoms with van der Waals surface area (Å²) in [5.41, 5.74) is 8.18. The fourth-order valence-electron chi connectivity index (χ4n) is 1.26. The molecule has 0 bridgehead atoms. The van der Waals surface area contributed by atoms with Gasteiger partial charge in [0, 0.05) is 11.4 Å². The van der Waals surface area contributed by atoms with Gasteiger partial charge in [-0.15, -0.1) is 11.8 Å². The minimum Gasteiger partial charge on any atom is -0.399 e. The van der Waals surface area contributed by atoms with Crippen LogP contribution >= 0.6 is 11.8 Å². The van der Waals surface area contributed by atoms with Crippen molar-refractivity contribution in [3.8, 4) is 0 Å². The maximum atomic E-state index is 11.6. The molecule has 0 unspecified atom stereocenters. The SMILES string of the molecule is Cc1cc(N)ccc1NC(=O)CSC(C)C. The number of carbonyl (C=O) groups excluding carboxylic acids is 1. The summed E-state index contributed by atoms with van der Waals surface area (Å²) in [5.74, 6) is 0.521. The lowest BCUT2D eigenvalue weighted by Crippen LogP contribution is -2.16. The highest BCUT2D eigenvalue weighted by Gasteiger charge is 2.06. The molecule has 0 saturated heterocycles. The van der Waals surface area contributed by atoms with Crippen LogP contribution in [0.4, 0.5) is 11.4 Å². The molecule has 1 aromatic rings. The normalized spacial score (nSPS) is 10.5. The summed E-state index contributed by atoms with van der Waals surface area (Å²) >= 11 is 1.63. The molecule has 3 nitrogen and oxygen atoms in total. The number of amides is 1. The number of nitrogens with one attached hydrogen (secondary N) is 1. The van der Waals surface area contributed by atoms with Crippen LogP contribution < -0.4 is 11.1 Å². The minimum atomic E-state index is 0.0339. The van der Waals surface area contributed by atoms with Crippen LogP contribution in [0.25, 0.3) is 0 Å². The molecule has 0 aliphatic rings. The number of rotatable bonds is 4. The Balaban J connectivity index is 2.56. The van der Waals surface area contributed by atoms with Gasteiger partial charge in [-0.05, 0) is 35.9 Å². The minimum absolute atomic E-state index is 0.0339. The molecule has 0 spiro atoms. The highest BCUT2D eigenvalue weighted by atomic mass is 32.2. The third kappa shape index (κ3) is 4.14. The highest BCUT2D eigenvalue weighted by molar-refractivity contribution is 8.00. The molecule has 16 heavy (non-hydrogen) atoms. The first-order valence-electron chi connectivity index (χ1n) is 5.26. The monoisotopic (exact) mass is 238 g/mol. The topological polar surface area (TPSA) is 55.1 Å². The second-order valence-electron chi connectivity index (χ2n) is 3.98. The lowest BCUT2D eigenvalue weighted by atomic mass is 10.2. The lowest BCUT2D eigenvalue weighted by molar-refractivity contribution is -0.113. The second kappa shape index (κ2) is 5.80. The van der Waals surface area contributed by atoms with Crippen LogP contribution in [0.5, 0.6) is 0 Å². The van der Waals surface area contributed by atoms with Gasteiger partial charge >= 0.3 is 0 Å². The molecule has 1 aromatic carbocycles. The third-order valence-electron chi connectivity index (χ3n) is 2.07. The molecule has 0 aliphatic carbocycles. The van der Waals surface area contributed by atoms with Crippen molar-refractivity contribution in [1.82, 2.24) is 0 Å². The number of anilines is 2. The van der Waals surface area contributed by atoms with E-state index in [0.717, 1.165) is 11.3 Å². The second-order valence-corrected chi connectivity index (χ2v) is 5.55. The van der Waals surface area contributed by atoms with Crippen LogP contribution in [0.2, 0.25) is 0 Å². The third-order valence-corrected chi connectivity index (χ3v) is 3.17. The summed E-state index contributed by atoms with van der Waals surface area (Å²) in [6.45, 7) is 6.08. The van der Waals surface area contributed by atoms with E-state index in [4.69, 9.17) is 5.73 Å². The van der Waals surface area contributed by atoms with Crippen LogP contribution in [0, 0.1) is 6.92 Å². The zero-order valence-corrected chi connectivity index (χ0v) is 10.7. The molecule has 4 heteroatoms. The predicted octanol–water partition coefficient (Wildman–Crippen LogP) is 2.66. The van der Waals surface area contributed by atoms with E-state index in [1.165, 1.54) is 0 Å². The van der Waals surface area contributed by atoms with Gasteiger partial charge in [-0.1, -0.05) is 13.8 Å². The van der Waals surface area contributed by atoms with E-state index in [2.05, 4.69) is 19.2 Å². The summed E-state index contributed by atoms with van der Waals surface area (Å²) < 4.78 is 0. The van der Waals surface area contributed by atoms with Gasteiger partial charge in [0.15, 0.2) is 0 Å². The van der Waals surface area contributed by atoms with Crippen molar-refractivity contribution in [2.24, 2.45) is 0 Å². The molecule has 0 radical (unpaired) electrons. The smallest absolute Gasteiger partial charge is 0.234 e. The van der Waals surface area contributed by atoms with E-state index in [-0.39, 0.29) is 5.91 Å². The molecule has 0 saturated carbocycles. The van der Waals surface area contributed by atoms with E-state index >= 15 is 0 Å². The fourth-order valence-corrected chi connectivity index (χ4v) is 1.81. The van der Waals surface area contributed by atoms with Crippen LogP contribution in [-0.2, 0) is 4.79 Å². The average Bonchev–Trinajstić information content (AvgIpc) is 2.19. The molecular formula is C12H18N2OS. The highest BCUT2D eigenvalue weighted by Crippen LogP contribution is 2.18. The summed E-state index contributed by atoms with van der Waals surface area (Å²) in [6.07, 6.45) is 0. The van der Waals surface area contributed by atoms with Crippen molar-refractivity contribution in [2.75, 3.05) is 16.8 Å². The molecule has 1 amide bonds. The molecule has 0 aliphatic heterocycles. The van der Waals surface area contributed by atoms with Gasteiger partial charge in [-0.2, -0.15) is 0 Å². The van der Waals surface area contributed by atoms with Crippen molar-refractivity contribution in [2.45, 2.75) is 26.0 Å². The number of benzene rings is 1. The largest absolute Gasteiger partial charge is 0.399 e. The Morgan fingerprint density at radius 1 is 1.50 bits per heavy atom. The van der Waals surface area contributed by atoms with E-state index < -0.39 is 0 Å². The number of nitrogens with two attached hydrogens (primary N) is 1. The van der Waals surface area contributed by atoms with Gasteiger partial charge in [0.1, 0.15) is 0 Å². The first-order chi connectivity index (χ1) is 7.49. The van der Waals surface area contributed by atoms with Gasteiger partial charge in [-0.3, -0.25) is 4.79 Å². The molecule has 0 fully saturated rings. The van der Waals surface area contributed by atoms with E-state index in [9.17, 15) is 4.79 Å². The number of carbonyl (C=O) groups is 1. The zero-order chi connectivity index (χ0) is 12.1. The van der Waals surface area contributed by atoms with Crippen molar-refractivity contribution < 1.29 is 4.79 Å². The molecule has 0 heterocycles. The average molecular weight is 238 g/mol. The molecular weight excluding hydrogens is 220 g/mol. The van der Waals surface area contributed by atoms with Gasteiger partial charge in [0.2, 0.25) is 5.91 Å². The first kappa shape index (κ1) is 12.9. The summed E-state index contributed by atoms with van der Waals surface area (Å²) in [5, 5.41) is 3.35.